The maximum Gasteiger partial charge on any atom is 0.234 e. The highest BCUT2D eigenvalue weighted by Gasteiger charge is 2.57. The van der Waals surface area contributed by atoms with E-state index in [0.717, 1.165) is 0 Å². The van der Waals surface area contributed by atoms with Gasteiger partial charge in [-0.3, -0.25) is 9.59 Å². The largest absolute Gasteiger partial charge is 0.360 e. The molecule has 27 heavy (non-hydrogen) atoms. The van der Waals surface area contributed by atoms with Crippen LogP contribution < -0.4 is 4.90 Å². The Hall–Kier alpha value is -2.43. The third-order valence-electron chi connectivity index (χ3n) is 5.25. The van der Waals surface area contributed by atoms with Gasteiger partial charge in [0.05, 0.1) is 5.57 Å². The second kappa shape index (κ2) is 6.04. The van der Waals surface area contributed by atoms with Gasteiger partial charge in [-0.1, -0.05) is 55.8 Å². The monoisotopic (exact) mass is 381 g/mol. The lowest BCUT2D eigenvalue weighted by Gasteiger charge is -2.38. The number of ketones is 2. The van der Waals surface area contributed by atoms with Crippen molar-refractivity contribution >= 4 is 28.9 Å². The molecule has 2 aromatic carbocycles. The summed E-state index contributed by atoms with van der Waals surface area (Å²) in [6, 6.07) is 15.7. The maximum absolute atomic E-state index is 13.3. The lowest BCUT2D eigenvalue weighted by atomic mass is 9.75. The molecular weight excluding hydrogens is 362 g/mol. The Morgan fingerprint density at radius 3 is 2.22 bits per heavy atom. The highest BCUT2D eigenvalue weighted by molar-refractivity contribution is 6.30. The van der Waals surface area contributed by atoms with Crippen molar-refractivity contribution in [1.82, 2.24) is 0 Å². The molecule has 4 rings (SSSR count). The average Bonchev–Trinajstić information content (AvgIpc) is 2.83. The van der Waals surface area contributed by atoms with Gasteiger partial charge in [0.1, 0.15) is 0 Å². The molecule has 0 saturated heterocycles. The number of hydrogen-bond donors (Lipinski definition) is 1. The standard InChI is InChI=1S/C22H20ClNO3/c1-21(2)12-17-19(18(25)13-21)20(26)22(27,14-8-10-15(23)11-9-14)24(17)16-6-4-3-5-7-16/h3-11,27H,12-13H2,1-2H3. The number of para-hydroxylation sites is 1. The minimum absolute atomic E-state index is 0.121. The molecule has 0 amide bonds. The summed E-state index contributed by atoms with van der Waals surface area (Å²) >= 11 is 5.99. The molecule has 1 aliphatic carbocycles. The molecule has 1 unspecified atom stereocenters. The lowest BCUT2D eigenvalue weighted by molar-refractivity contribution is -0.133. The van der Waals surface area contributed by atoms with E-state index in [1.165, 1.54) is 0 Å². The number of halogens is 1. The van der Waals surface area contributed by atoms with Gasteiger partial charge < -0.3 is 10.0 Å². The zero-order chi connectivity index (χ0) is 19.4. The molecule has 0 aromatic heterocycles. The number of allylic oxidation sites excluding steroid dienone is 1. The number of aliphatic hydroxyl groups is 1. The number of hydrogen-bond acceptors (Lipinski definition) is 4. The molecule has 1 N–H and O–H groups in total. The van der Waals surface area contributed by atoms with Crippen LogP contribution in [0.25, 0.3) is 0 Å². The minimum Gasteiger partial charge on any atom is -0.360 e. The molecule has 0 bridgehead atoms. The highest BCUT2D eigenvalue weighted by atomic mass is 35.5. The van der Waals surface area contributed by atoms with E-state index in [9.17, 15) is 14.7 Å². The predicted octanol–water partition coefficient (Wildman–Crippen LogP) is 4.22. The first-order valence-electron chi connectivity index (χ1n) is 8.89. The molecule has 2 aromatic rings. The van der Waals surface area contributed by atoms with E-state index in [0.29, 0.717) is 28.4 Å². The zero-order valence-corrected chi connectivity index (χ0v) is 16.0. The SMILES string of the molecule is CC1(C)CC(=O)C2=C(C1)N(c1ccccc1)C(O)(c1ccc(Cl)cc1)C2=O. The normalized spacial score (nSPS) is 24.4. The number of carbonyl (C=O) groups excluding carboxylic acids is 2. The molecule has 1 aliphatic heterocycles. The van der Waals surface area contributed by atoms with Crippen LogP contribution >= 0.6 is 11.6 Å². The molecule has 2 aliphatic rings. The second-order valence-corrected chi connectivity index (χ2v) is 8.38. The van der Waals surface area contributed by atoms with Crippen LogP contribution in [-0.2, 0) is 15.3 Å². The summed E-state index contributed by atoms with van der Waals surface area (Å²) in [5.41, 5.74) is -0.485. The van der Waals surface area contributed by atoms with Gasteiger partial charge in [0.25, 0.3) is 0 Å². The smallest absolute Gasteiger partial charge is 0.234 e. The first kappa shape index (κ1) is 18.0. The van der Waals surface area contributed by atoms with Crippen LogP contribution in [-0.4, -0.2) is 16.7 Å². The van der Waals surface area contributed by atoms with E-state index in [1.54, 1.807) is 29.2 Å². The molecule has 5 heteroatoms. The fourth-order valence-corrected chi connectivity index (χ4v) is 4.20. The van der Waals surface area contributed by atoms with Crippen LogP contribution in [0.15, 0.2) is 65.9 Å². The number of rotatable bonds is 2. The summed E-state index contributed by atoms with van der Waals surface area (Å²) in [6.07, 6.45) is 0.821. The Morgan fingerprint density at radius 1 is 0.963 bits per heavy atom. The van der Waals surface area contributed by atoms with Gasteiger partial charge in [0.15, 0.2) is 5.78 Å². The Kier molecular flexibility index (Phi) is 4.02. The summed E-state index contributed by atoms with van der Waals surface area (Å²) in [7, 11) is 0. The van der Waals surface area contributed by atoms with Crippen molar-refractivity contribution in [2.24, 2.45) is 5.41 Å². The number of carbonyl (C=O) groups is 2. The molecule has 138 valence electrons. The predicted molar refractivity (Wildman–Crippen MR) is 104 cm³/mol. The second-order valence-electron chi connectivity index (χ2n) is 7.94. The number of benzene rings is 2. The third-order valence-corrected chi connectivity index (χ3v) is 5.50. The maximum atomic E-state index is 13.3. The summed E-state index contributed by atoms with van der Waals surface area (Å²) in [6.45, 7) is 4.00. The number of Topliss-reactive ketones (excluding diaryl/α,β-unsaturated/α-hetero) is 2. The van der Waals surface area contributed by atoms with Gasteiger partial charge in [-0.25, -0.2) is 0 Å². The summed E-state index contributed by atoms with van der Waals surface area (Å²) in [4.78, 5) is 27.8. The molecule has 1 atom stereocenters. The van der Waals surface area contributed by atoms with Gasteiger partial charge >= 0.3 is 0 Å². The summed E-state index contributed by atoms with van der Waals surface area (Å²) in [5, 5.41) is 12.2. The van der Waals surface area contributed by atoms with Crippen molar-refractivity contribution in [2.75, 3.05) is 4.90 Å². The fraction of sp³-hybridized carbons (Fsp3) is 0.273. The molecule has 4 nitrogen and oxygen atoms in total. The minimum atomic E-state index is -1.97. The molecule has 0 saturated carbocycles. The van der Waals surface area contributed by atoms with Gasteiger partial charge in [-0.15, -0.1) is 0 Å². The van der Waals surface area contributed by atoms with Crippen molar-refractivity contribution in [1.29, 1.82) is 0 Å². The quantitative estimate of drug-likeness (QED) is 0.791. The molecule has 0 spiro atoms. The Labute approximate surface area is 163 Å². The van der Waals surface area contributed by atoms with Crippen molar-refractivity contribution < 1.29 is 14.7 Å². The van der Waals surface area contributed by atoms with E-state index in [-0.39, 0.29) is 23.2 Å². The molecular formula is C22H20ClNO3. The van der Waals surface area contributed by atoms with Gasteiger partial charge in [0, 0.05) is 28.4 Å². The number of nitrogens with zero attached hydrogens (tertiary/aromatic N) is 1. The molecule has 0 fully saturated rings. The van der Waals surface area contributed by atoms with Crippen molar-refractivity contribution in [3.05, 3.63) is 76.5 Å². The van der Waals surface area contributed by atoms with Crippen molar-refractivity contribution in [2.45, 2.75) is 32.4 Å². The van der Waals surface area contributed by atoms with E-state index in [1.807, 2.05) is 44.2 Å². The van der Waals surface area contributed by atoms with Gasteiger partial charge in [-0.2, -0.15) is 0 Å². The highest BCUT2D eigenvalue weighted by Crippen LogP contribution is 2.50. The van der Waals surface area contributed by atoms with Crippen LogP contribution in [0.1, 0.15) is 32.3 Å². The molecule has 1 heterocycles. The Morgan fingerprint density at radius 2 is 1.59 bits per heavy atom. The lowest BCUT2D eigenvalue weighted by Crippen LogP contribution is -2.47. The van der Waals surface area contributed by atoms with Crippen LogP contribution in [0.3, 0.4) is 0 Å². The van der Waals surface area contributed by atoms with Gasteiger partial charge in [0.2, 0.25) is 11.5 Å². The first-order valence-corrected chi connectivity index (χ1v) is 9.27. The van der Waals surface area contributed by atoms with E-state index >= 15 is 0 Å². The Bertz CT molecular complexity index is 963. The van der Waals surface area contributed by atoms with Crippen LogP contribution in [0.5, 0.6) is 0 Å². The van der Waals surface area contributed by atoms with Crippen LogP contribution in [0, 0.1) is 5.41 Å². The average molecular weight is 382 g/mol. The van der Waals surface area contributed by atoms with Gasteiger partial charge in [-0.05, 0) is 36.1 Å². The Balaban J connectivity index is 1.96. The van der Waals surface area contributed by atoms with E-state index < -0.39 is 11.5 Å². The van der Waals surface area contributed by atoms with Crippen molar-refractivity contribution in [3.63, 3.8) is 0 Å². The topological polar surface area (TPSA) is 57.6 Å². The zero-order valence-electron chi connectivity index (χ0n) is 15.2. The fourth-order valence-electron chi connectivity index (χ4n) is 4.07. The van der Waals surface area contributed by atoms with Crippen LogP contribution in [0.4, 0.5) is 5.69 Å². The van der Waals surface area contributed by atoms with E-state index in [2.05, 4.69) is 0 Å². The van der Waals surface area contributed by atoms with E-state index in [4.69, 9.17) is 11.6 Å². The summed E-state index contributed by atoms with van der Waals surface area (Å²) in [5.74, 6) is -0.777. The number of anilines is 1. The first-order chi connectivity index (χ1) is 12.7. The van der Waals surface area contributed by atoms with Crippen LogP contribution in [0.2, 0.25) is 5.02 Å². The van der Waals surface area contributed by atoms with Crippen molar-refractivity contribution in [3.8, 4) is 0 Å². The molecule has 0 radical (unpaired) electrons. The summed E-state index contributed by atoms with van der Waals surface area (Å²) < 4.78 is 0. The third kappa shape index (κ3) is 2.71.